The topological polar surface area (TPSA) is 87.5 Å². The minimum atomic E-state index is -0.605. The van der Waals surface area contributed by atoms with Gasteiger partial charge in [0.1, 0.15) is 12.6 Å². The third kappa shape index (κ3) is 6.69. The standard InChI is InChI=1S/C31H30Cl2N4O4S/c1-4-15-40-29(38)27-19(2)34-30-35-31(42-18-22-7-5-6-8-24(22)33)36-37(30)28(27)21-11-14-25(26(16-21)39-3)41-17-20-9-12-23(32)13-10-20/h5-14,16,28H,4,15,17-18H2,1-3H3,(H,34,35,36). The first kappa shape index (κ1) is 29.8. The Morgan fingerprint density at radius 2 is 1.86 bits per heavy atom. The van der Waals surface area contributed by atoms with Crippen LogP contribution in [0.3, 0.4) is 0 Å². The highest BCUT2D eigenvalue weighted by molar-refractivity contribution is 7.98. The van der Waals surface area contributed by atoms with E-state index in [1.165, 1.54) is 11.8 Å². The Morgan fingerprint density at radius 1 is 1.07 bits per heavy atom. The van der Waals surface area contributed by atoms with E-state index < -0.39 is 12.0 Å². The van der Waals surface area contributed by atoms with Crippen molar-refractivity contribution in [3.8, 4) is 11.5 Å². The second kappa shape index (κ2) is 13.5. The normalized spacial score (nSPS) is 14.3. The lowest BCUT2D eigenvalue weighted by Gasteiger charge is -2.28. The second-order valence-corrected chi connectivity index (χ2v) is 11.4. The first-order chi connectivity index (χ1) is 20.4. The summed E-state index contributed by atoms with van der Waals surface area (Å²) in [5.74, 6) is 1.79. The fraction of sp³-hybridized carbons (Fsp3) is 0.258. The Labute approximate surface area is 259 Å². The van der Waals surface area contributed by atoms with Gasteiger partial charge in [0.2, 0.25) is 11.1 Å². The zero-order valence-corrected chi connectivity index (χ0v) is 25.7. The van der Waals surface area contributed by atoms with E-state index in [9.17, 15) is 4.79 Å². The molecule has 0 radical (unpaired) electrons. The molecule has 2 heterocycles. The van der Waals surface area contributed by atoms with Gasteiger partial charge in [-0.1, -0.05) is 78.3 Å². The molecule has 42 heavy (non-hydrogen) atoms. The third-order valence-electron chi connectivity index (χ3n) is 6.62. The van der Waals surface area contributed by atoms with Crippen LogP contribution < -0.4 is 14.8 Å². The van der Waals surface area contributed by atoms with Crippen LogP contribution >= 0.6 is 35.0 Å². The number of nitrogens with one attached hydrogen (secondary N) is 1. The third-order valence-corrected chi connectivity index (χ3v) is 8.12. The lowest BCUT2D eigenvalue weighted by molar-refractivity contribution is -0.139. The number of fused-ring (bicyclic) bond motifs is 1. The summed E-state index contributed by atoms with van der Waals surface area (Å²) < 4.78 is 19.1. The Hall–Kier alpha value is -3.66. The van der Waals surface area contributed by atoms with Crippen LogP contribution in [0.2, 0.25) is 10.0 Å². The number of rotatable bonds is 11. The molecule has 8 nitrogen and oxygen atoms in total. The van der Waals surface area contributed by atoms with Crippen LogP contribution in [0.4, 0.5) is 5.95 Å². The van der Waals surface area contributed by atoms with Crippen LogP contribution in [0.1, 0.15) is 43.0 Å². The van der Waals surface area contributed by atoms with Gasteiger partial charge in [-0.25, -0.2) is 9.48 Å². The van der Waals surface area contributed by atoms with E-state index in [2.05, 4.69) is 5.32 Å². The van der Waals surface area contributed by atoms with E-state index in [0.717, 1.165) is 16.7 Å². The number of carbonyl (C=O) groups is 1. The average Bonchev–Trinajstić information content (AvgIpc) is 3.40. The van der Waals surface area contributed by atoms with Gasteiger partial charge in [0.15, 0.2) is 11.5 Å². The van der Waals surface area contributed by atoms with Gasteiger partial charge in [0, 0.05) is 21.5 Å². The molecule has 0 amide bonds. The molecule has 3 aromatic carbocycles. The molecule has 1 unspecified atom stereocenters. The molecule has 0 saturated carbocycles. The molecular formula is C31H30Cl2N4O4S. The van der Waals surface area contributed by atoms with E-state index >= 15 is 0 Å². The number of hydrogen-bond donors (Lipinski definition) is 1. The van der Waals surface area contributed by atoms with Crippen molar-refractivity contribution in [3.05, 3.63) is 105 Å². The number of methoxy groups -OCH3 is 1. The molecule has 218 valence electrons. The van der Waals surface area contributed by atoms with E-state index in [4.69, 9.17) is 47.5 Å². The van der Waals surface area contributed by atoms with Crippen molar-refractivity contribution < 1.29 is 19.0 Å². The fourth-order valence-electron chi connectivity index (χ4n) is 4.51. The van der Waals surface area contributed by atoms with Gasteiger partial charge in [-0.15, -0.1) is 5.10 Å². The van der Waals surface area contributed by atoms with Crippen LogP contribution in [0, 0.1) is 0 Å². The van der Waals surface area contributed by atoms with Gasteiger partial charge in [-0.05, 0) is 60.4 Å². The van der Waals surface area contributed by atoms with Crippen LogP contribution in [-0.2, 0) is 21.9 Å². The number of halogens is 2. The van der Waals surface area contributed by atoms with E-state index in [1.807, 2.05) is 80.6 Å². The highest BCUT2D eigenvalue weighted by Crippen LogP contribution is 2.40. The average molecular weight is 626 g/mol. The molecule has 5 rings (SSSR count). The summed E-state index contributed by atoms with van der Waals surface area (Å²) in [6.45, 7) is 4.45. The molecule has 0 saturated heterocycles. The lowest BCUT2D eigenvalue weighted by atomic mass is 9.95. The molecule has 1 aromatic heterocycles. The number of allylic oxidation sites excluding steroid dienone is 1. The van der Waals surface area contributed by atoms with Crippen molar-refractivity contribution in [1.82, 2.24) is 14.8 Å². The zero-order valence-electron chi connectivity index (χ0n) is 23.4. The van der Waals surface area contributed by atoms with E-state index in [1.54, 1.807) is 11.8 Å². The van der Waals surface area contributed by atoms with E-state index in [0.29, 0.717) is 69.3 Å². The molecule has 0 spiro atoms. The predicted molar refractivity (Wildman–Crippen MR) is 166 cm³/mol. The van der Waals surface area contributed by atoms with Gasteiger partial charge in [0.05, 0.1) is 19.3 Å². The largest absolute Gasteiger partial charge is 0.493 e. The first-order valence-corrected chi connectivity index (χ1v) is 15.1. The van der Waals surface area contributed by atoms with Crippen molar-refractivity contribution in [2.45, 2.75) is 43.8 Å². The summed E-state index contributed by atoms with van der Waals surface area (Å²) in [6, 6.07) is 20.1. The van der Waals surface area contributed by atoms with E-state index in [-0.39, 0.29) is 0 Å². The molecule has 0 bridgehead atoms. The number of nitrogens with zero attached hydrogens (tertiary/aromatic N) is 3. The molecule has 0 aliphatic carbocycles. The maximum absolute atomic E-state index is 13.4. The van der Waals surface area contributed by atoms with Gasteiger partial charge < -0.3 is 19.5 Å². The molecule has 4 aromatic rings. The predicted octanol–water partition coefficient (Wildman–Crippen LogP) is 7.71. The quantitative estimate of drug-likeness (QED) is 0.134. The van der Waals surface area contributed by atoms with Gasteiger partial charge >= 0.3 is 5.97 Å². The summed E-state index contributed by atoms with van der Waals surface area (Å²) in [4.78, 5) is 18.1. The summed E-state index contributed by atoms with van der Waals surface area (Å²) in [6.07, 6.45) is 0.709. The molecule has 11 heteroatoms. The number of carbonyl (C=O) groups excluding carboxylic acids is 1. The number of hydrogen-bond acceptors (Lipinski definition) is 8. The summed E-state index contributed by atoms with van der Waals surface area (Å²) in [5, 5.41) is 9.94. The molecule has 1 aliphatic heterocycles. The van der Waals surface area contributed by atoms with Crippen molar-refractivity contribution in [1.29, 1.82) is 0 Å². The summed E-state index contributed by atoms with van der Waals surface area (Å²) >= 11 is 13.8. The maximum Gasteiger partial charge on any atom is 0.338 e. The van der Waals surface area contributed by atoms with Crippen LogP contribution in [0.25, 0.3) is 0 Å². The molecule has 1 aliphatic rings. The Morgan fingerprint density at radius 3 is 2.60 bits per heavy atom. The fourth-order valence-corrected chi connectivity index (χ4v) is 5.75. The maximum atomic E-state index is 13.4. The minimum Gasteiger partial charge on any atom is -0.493 e. The second-order valence-electron chi connectivity index (χ2n) is 9.57. The first-order valence-electron chi connectivity index (χ1n) is 13.4. The van der Waals surface area contributed by atoms with Crippen LogP contribution in [-0.4, -0.2) is 34.5 Å². The lowest BCUT2D eigenvalue weighted by Crippen LogP contribution is -2.29. The highest BCUT2D eigenvalue weighted by atomic mass is 35.5. The number of benzene rings is 3. The Kier molecular flexibility index (Phi) is 9.62. The van der Waals surface area contributed by atoms with Crippen molar-refractivity contribution >= 4 is 46.9 Å². The highest BCUT2D eigenvalue weighted by Gasteiger charge is 2.36. The smallest absolute Gasteiger partial charge is 0.338 e. The Bertz CT molecular complexity index is 1610. The van der Waals surface area contributed by atoms with Gasteiger partial charge in [-0.3, -0.25) is 0 Å². The monoisotopic (exact) mass is 624 g/mol. The number of ether oxygens (including phenoxy) is 3. The van der Waals surface area contributed by atoms with Crippen molar-refractivity contribution in [3.63, 3.8) is 0 Å². The van der Waals surface area contributed by atoms with Crippen LogP contribution in [0.15, 0.2) is 83.2 Å². The molecular weight excluding hydrogens is 595 g/mol. The summed E-state index contributed by atoms with van der Waals surface area (Å²) in [5.41, 5.74) is 3.81. The number of esters is 1. The minimum absolute atomic E-state index is 0.312. The molecule has 1 N–H and O–H groups in total. The number of aromatic nitrogens is 3. The van der Waals surface area contributed by atoms with Crippen molar-refractivity contribution in [2.24, 2.45) is 0 Å². The zero-order chi connectivity index (χ0) is 29.6. The summed E-state index contributed by atoms with van der Waals surface area (Å²) in [7, 11) is 1.58. The van der Waals surface area contributed by atoms with Crippen LogP contribution in [0.5, 0.6) is 11.5 Å². The number of anilines is 1. The van der Waals surface area contributed by atoms with Gasteiger partial charge in [0.25, 0.3) is 0 Å². The van der Waals surface area contributed by atoms with Crippen molar-refractivity contribution in [2.75, 3.05) is 19.0 Å². The Balaban J connectivity index is 1.47. The molecule has 1 atom stereocenters. The number of thioether (sulfide) groups is 1. The molecule has 0 fully saturated rings. The SMILES string of the molecule is CCCOC(=O)C1=C(C)Nc2nc(SCc3ccccc3Cl)nn2C1c1ccc(OCc2ccc(Cl)cc2)c(OC)c1. The van der Waals surface area contributed by atoms with Gasteiger partial charge in [-0.2, -0.15) is 4.98 Å².